The van der Waals surface area contributed by atoms with Crippen molar-refractivity contribution in [3.63, 3.8) is 0 Å². The zero-order valence-corrected chi connectivity index (χ0v) is 29.7. The Labute approximate surface area is 294 Å². The van der Waals surface area contributed by atoms with Gasteiger partial charge in [0.25, 0.3) is 5.88 Å². The first-order valence-electron chi connectivity index (χ1n) is 16.3. The van der Waals surface area contributed by atoms with Crippen LogP contribution < -0.4 is 30.8 Å². The third-order valence-corrected chi connectivity index (χ3v) is 8.02. The summed E-state index contributed by atoms with van der Waals surface area (Å²) in [6, 6.07) is 14.0. The molecule has 0 saturated carbocycles. The summed E-state index contributed by atoms with van der Waals surface area (Å²) in [5.41, 5.74) is 4.05. The van der Waals surface area contributed by atoms with E-state index in [4.69, 9.17) is 4.74 Å². The number of piperazine rings is 1. The van der Waals surface area contributed by atoms with Gasteiger partial charge in [0.2, 0.25) is 17.6 Å². The molecule has 1 aliphatic heterocycles. The van der Waals surface area contributed by atoms with Crippen LogP contribution in [-0.4, -0.2) is 69.9 Å². The van der Waals surface area contributed by atoms with Crippen LogP contribution in [0.5, 0.6) is 11.6 Å². The minimum Gasteiger partial charge on any atom is -0.433 e. The fourth-order valence-electron chi connectivity index (χ4n) is 5.28. The first kappa shape index (κ1) is 38.0. The molecule has 5 aromatic rings. The van der Waals surface area contributed by atoms with Gasteiger partial charge in [-0.2, -0.15) is 9.37 Å². The summed E-state index contributed by atoms with van der Waals surface area (Å²) in [6.45, 7) is 13.0. The lowest BCUT2D eigenvalue weighted by atomic mass is 10.2. The third kappa shape index (κ3) is 9.90. The molecule has 0 bridgehead atoms. The Bertz CT molecular complexity index is 2100. The summed E-state index contributed by atoms with van der Waals surface area (Å²) < 4.78 is 48.2. The maximum atomic E-state index is 15.1. The van der Waals surface area contributed by atoms with Crippen LogP contribution in [0.15, 0.2) is 54.9 Å². The number of benzene rings is 2. The molecule has 0 unspecified atom stereocenters. The van der Waals surface area contributed by atoms with E-state index < -0.39 is 11.6 Å². The standard InChI is InChI=1S/C25H24F2N6O2.C9H12FN.C3H7NO/c1-15-13-19-20(30-15)7-8-21(22(19)26)35-25-23(27)24(28-14-29-25)31-17-3-5-18(6-4-17)33-11-9-32(10-12-33)16(2)34;1-4-9-8(7(3)10)5-6(2)11-9;1-3(5)4-2/h3-8,13-14,30H,9-12H2,1-2H3,(H,28,29,31);4-5,11H,1-3H3;1-2H3,(H,4,5)/b;8-7+,9-4+;. The topological polar surface area (TPSA) is 131 Å². The molecule has 0 atom stereocenters. The van der Waals surface area contributed by atoms with Crippen molar-refractivity contribution in [2.45, 2.75) is 41.5 Å². The summed E-state index contributed by atoms with van der Waals surface area (Å²) in [7, 11) is 1.60. The number of carbonyl (C=O) groups is 2. The van der Waals surface area contributed by atoms with Crippen LogP contribution in [0.3, 0.4) is 0 Å². The fraction of sp³-hybridized carbons (Fsp3) is 0.297. The first-order chi connectivity index (χ1) is 24.3. The van der Waals surface area contributed by atoms with Gasteiger partial charge in [0, 0.05) is 91.3 Å². The molecule has 1 aliphatic rings. The van der Waals surface area contributed by atoms with Crippen LogP contribution in [0, 0.1) is 25.5 Å². The van der Waals surface area contributed by atoms with Crippen LogP contribution in [0.25, 0.3) is 22.8 Å². The number of nitrogens with one attached hydrogen (secondary N) is 4. The third-order valence-electron chi connectivity index (χ3n) is 8.02. The highest BCUT2D eigenvalue weighted by molar-refractivity contribution is 5.83. The number of halogens is 3. The first-order valence-corrected chi connectivity index (χ1v) is 16.3. The molecular weight excluding hydrogens is 661 g/mol. The molecule has 4 N–H and O–H groups in total. The molecule has 2 aromatic carbocycles. The largest absolute Gasteiger partial charge is 0.433 e. The van der Waals surface area contributed by atoms with Gasteiger partial charge < -0.3 is 35.1 Å². The average Bonchev–Trinajstić information content (AvgIpc) is 3.70. The quantitative estimate of drug-likeness (QED) is 0.184. The van der Waals surface area contributed by atoms with Gasteiger partial charge in [-0.3, -0.25) is 9.59 Å². The van der Waals surface area contributed by atoms with Gasteiger partial charge in [0.1, 0.15) is 12.2 Å². The Hall–Kier alpha value is -5.79. The molecule has 270 valence electrons. The van der Waals surface area contributed by atoms with Crippen molar-refractivity contribution in [3.8, 4) is 11.6 Å². The molecule has 3 aromatic heterocycles. The molecule has 4 heterocycles. The number of anilines is 3. The predicted octanol–water partition coefficient (Wildman–Crippen LogP) is 5.72. The minimum absolute atomic E-state index is 0.00463. The van der Waals surface area contributed by atoms with E-state index in [0.29, 0.717) is 34.9 Å². The molecule has 2 amide bonds. The highest BCUT2D eigenvalue weighted by Crippen LogP contribution is 2.32. The van der Waals surface area contributed by atoms with E-state index in [9.17, 15) is 18.4 Å². The normalized spacial score (nSPS) is 13.5. The highest BCUT2D eigenvalue weighted by atomic mass is 19.1. The molecule has 1 saturated heterocycles. The molecule has 1 fully saturated rings. The van der Waals surface area contributed by atoms with Crippen molar-refractivity contribution >= 4 is 51.8 Å². The SMILES string of the molecule is C/C=c1/[nH]c(C)c/c1=C(/C)F.CC(=O)N1CCN(c2ccc(Nc3ncnc(Oc4ccc5[nH]c(C)cc5c4F)c3F)cc2)CC1.CNC(C)=O. The summed E-state index contributed by atoms with van der Waals surface area (Å²) in [4.78, 5) is 39.1. The van der Waals surface area contributed by atoms with Crippen molar-refractivity contribution in [3.05, 3.63) is 88.4 Å². The molecule has 11 nitrogen and oxygen atoms in total. The van der Waals surface area contributed by atoms with Crippen LogP contribution in [0.2, 0.25) is 0 Å². The van der Waals surface area contributed by atoms with E-state index in [2.05, 4.69) is 35.5 Å². The molecular formula is C37H43F3N8O3. The Morgan fingerprint density at radius 1 is 0.902 bits per heavy atom. The van der Waals surface area contributed by atoms with Gasteiger partial charge in [-0.15, -0.1) is 0 Å². The second kappa shape index (κ2) is 17.2. The Kier molecular flexibility index (Phi) is 12.8. The minimum atomic E-state index is -0.832. The molecule has 6 rings (SSSR count). The number of fused-ring (bicyclic) bond motifs is 1. The van der Waals surface area contributed by atoms with Crippen molar-refractivity contribution in [2.24, 2.45) is 0 Å². The van der Waals surface area contributed by atoms with Crippen molar-refractivity contribution in [2.75, 3.05) is 43.4 Å². The van der Waals surface area contributed by atoms with Crippen molar-refractivity contribution in [1.82, 2.24) is 30.2 Å². The molecule has 51 heavy (non-hydrogen) atoms. The molecule has 0 spiro atoms. The lowest BCUT2D eigenvalue weighted by molar-refractivity contribution is -0.129. The van der Waals surface area contributed by atoms with Crippen LogP contribution in [0.1, 0.15) is 39.1 Å². The van der Waals surface area contributed by atoms with Crippen LogP contribution in [-0.2, 0) is 9.59 Å². The van der Waals surface area contributed by atoms with E-state index in [0.717, 1.165) is 41.8 Å². The van der Waals surface area contributed by atoms with E-state index in [1.807, 2.05) is 62.1 Å². The number of carbonyl (C=O) groups excluding carboxylic acids is 2. The Morgan fingerprint density at radius 3 is 2.12 bits per heavy atom. The van der Waals surface area contributed by atoms with Crippen molar-refractivity contribution in [1.29, 1.82) is 0 Å². The number of amides is 2. The number of hydrogen-bond acceptors (Lipinski definition) is 7. The lowest BCUT2D eigenvalue weighted by Crippen LogP contribution is -2.48. The second-order valence-electron chi connectivity index (χ2n) is 11.8. The number of aryl methyl sites for hydroxylation is 2. The number of aromatic amines is 2. The summed E-state index contributed by atoms with van der Waals surface area (Å²) in [5.74, 6) is -2.07. The fourth-order valence-corrected chi connectivity index (χ4v) is 5.28. The number of nitrogens with zero attached hydrogens (tertiary/aromatic N) is 4. The number of H-pyrrole nitrogens is 2. The number of ether oxygens (including phenoxy) is 1. The van der Waals surface area contributed by atoms with E-state index >= 15 is 4.39 Å². The number of rotatable bonds is 5. The molecule has 0 aliphatic carbocycles. The Balaban J connectivity index is 0.000000302. The molecule has 14 heteroatoms. The van der Waals surface area contributed by atoms with Gasteiger partial charge in [-0.05, 0) is 76.2 Å². The van der Waals surface area contributed by atoms with Gasteiger partial charge in [0.15, 0.2) is 17.4 Å². The zero-order chi connectivity index (χ0) is 37.2. The average molecular weight is 705 g/mol. The maximum Gasteiger partial charge on any atom is 0.261 e. The van der Waals surface area contributed by atoms with Gasteiger partial charge in [-0.1, -0.05) is 6.08 Å². The van der Waals surface area contributed by atoms with Crippen LogP contribution in [0.4, 0.5) is 30.4 Å². The van der Waals surface area contributed by atoms with Gasteiger partial charge in [0.05, 0.1) is 0 Å². The summed E-state index contributed by atoms with van der Waals surface area (Å²) in [6.07, 6.45) is 3.02. The Morgan fingerprint density at radius 2 is 1.55 bits per heavy atom. The lowest BCUT2D eigenvalue weighted by Gasteiger charge is -2.35. The molecule has 0 radical (unpaired) electrons. The van der Waals surface area contributed by atoms with E-state index in [1.165, 1.54) is 19.9 Å². The summed E-state index contributed by atoms with van der Waals surface area (Å²) >= 11 is 0. The zero-order valence-electron chi connectivity index (χ0n) is 29.7. The number of hydrogen-bond donors (Lipinski definition) is 4. The highest BCUT2D eigenvalue weighted by Gasteiger charge is 2.20. The van der Waals surface area contributed by atoms with Gasteiger partial charge >= 0.3 is 0 Å². The van der Waals surface area contributed by atoms with Crippen LogP contribution >= 0.6 is 0 Å². The predicted molar refractivity (Wildman–Crippen MR) is 194 cm³/mol. The van der Waals surface area contributed by atoms with E-state index in [1.54, 1.807) is 26.1 Å². The monoisotopic (exact) mass is 704 g/mol. The van der Waals surface area contributed by atoms with Gasteiger partial charge in [-0.25, -0.2) is 13.8 Å². The summed E-state index contributed by atoms with van der Waals surface area (Å²) in [5, 5.41) is 7.20. The number of aromatic nitrogens is 4. The second-order valence-corrected chi connectivity index (χ2v) is 11.8. The maximum absolute atomic E-state index is 15.1. The van der Waals surface area contributed by atoms with Crippen molar-refractivity contribution < 1.29 is 27.5 Å². The smallest absolute Gasteiger partial charge is 0.261 e. The van der Waals surface area contributed by atoms with E-state index in [-0.39, 0.29) is 35.1 Å².